The van der Waals surface area contributed by atoms with Crippen LogP contribution in [0.3, 0.4) is 0 Å². The Morgan fingerprint density at radius 2 is 1.90 bits per heavy atom. The van der Waals surface area contributed by atoms with E-state index in [9.17, 15) is 9.90 Å². The molecule has 0 atom stereocenters. The first-order valence-electron chi connectivity index (χ1n) is 9.92. The zero-order valence-electron chi connectivity index (χ0n) is 16.5. The average molecular weight is 413 g/mol. The van der Waals surface area contributed by atoms with E-state index < -0.39 is 0 Å². The van der Waals surface area contributed by atoms with Crippen molar-refractivity contribution in [2.75, 3.05) is 0 Å². The molecule has 4 nitrogen and oxygen atoms in total. The van der Waals surface area contributed by atoms with Crippen molar-refractivity contribution < 1.29 is 5.11 Å². The summed E-state index contributed by atoms with van der Waals surface area (Å²) < 4.78 is 1.43. The van der Waals surface area contributed by atoms with Gasteiger partial charge in [0.05, 0.1) is 17.1 Å². The molecule has 1 aliphatic rings. The van der Waals surface area contributed by atoms with Crippen LogP contribution in [0.25, 0.3) is 22.4 Å². The van der Waals surface area contributed by atoms with Gasteiger partial charge in [-0.15, -0.1) is 0 Å². The molecule has 0 radical (unpaired) electrons. The molecule has 0 saturated carbocycles. The van der Waals surface area contributed by atoms with Crippen molar-refractivity contribution in [1.82, 2.24) is 4.57 Å². The second-order valence-electron chi connectivity index (χ2n) is 7.35. The van der Waals surface area contributed by atoms with Gasteiger partial charge in [0.15, 0.2) is 0 Å². The molecule has 1 N–H and O–H groups in total. The third kappa shape index (κ3) is 3.17. The number of rotatable bonds is 4. The van der Waals surface area contributed by atoms with Crippen LogP contribution in [-0.4, -0.2) is 15.9 Å². The number of aryl methyl sites for hydroxylation is 1. The summed E-state index contributed by atoms with van der Waals surface area (Å²) >= 11 is 1.05. The van der Waals surface area contributed by atoms with Crippen LogP contribution in [0.1, 0.15) is 28.5 Å². The first kappa shape index (κ1) is 18.6. The molecule has 0 unspecified atom stereocenters. The molecule has 2 heterocycles. The number of nitrogens with zero attached hydrogens (tertiary/aromatic N) is 2. The van der Waals surface area contributed by atoms with E-state index in [0.717, 1.165) is 50.9 Å². The highest BCUT2D eigenvalue weighted by Crippen LogP contribution is 2.37. The molecule has 0 saturated heterocycles. The van der Waals surface area contributed by atoms with E-state index in [2.05, 4.69) is 30.1 Å². The molecule has 0 fully saturated rings. The van der Waals surface area contributed by atoms with Crippen LogP contribution >= 0.6 is 11.3 Å². The molecule has 0 bridgehead atoms. The summed E-state index contributed by atoms with van der Waals surface area (Å²) in [5.41, 5.74) is 5.10. The molecule has 1 aromatic heterocycles. The molecule has 148 valence electrons. The third-order valence-corrected chi connectivity index (χ3v) is 6.39. The number of benzene rings is 3. The van der Waals surface area contributed by atoms with Gasteiger partial charge in [-0.2, -0.15) is 0 Å². The fraction of sp³-hybridized carbons (Fsp3) is 0.120. The summed E-state index contributed by atoms with van der Waals surface area (Å²) in [7, 11) is 0. The Kier molecular flexibility index (Phi) is 4.60. The molecule has 0 aliphatic carbocycles. The topological polar surface area (TPSA) is 54.6 Å². The lowest BCUT2D eigenvalue weighted by atomic mass is 10.0. The molecule has 0 spiro atoms. The lowest BCUT2D eigenvalue weighted by Crippen LogP contribution is -2.13. The van der Waals surface area contributed by atoms with E-state index in [1.807, 2.05) is 48.5 Å². The number of thiazole rings is 1. The van der Waals surface area contributed by atoms with Crippen LogP contribution in [0.5, 0.6) is 5.88 Å². The van der Waals surface area contributed by atoms with Gasteiger partial charge in [0.1, 0.15) is 0 Å². The molecule has 1 aliphatic heterocycles. The van der Waals surface area contributed by atoms with Crippen molar-refractivity contribution >= 4 is 45.7 Å². The van der Waals surface area contributed by atoms with E-state index in [-0.39, 0.29) is 10.8 Å². The van der Waals surface area contributed by atoms with Crippen LogP contribution in [0, 0.1) is 0 Å². The van der Waals surface area contributed by atoms with E-state index in [1.54, 1.807) is 6.21 Å². The molecule has 3 aromatic carbocycles. The number of fused-ring (bicyclic) bond motifs is 2. The zero-order chi connectivity index (χ0) is 20.7. The number of hydrogen-bond acceptors (Lipinski definition) is 4. The van der Waals surface area contributed by atoms with Crippen LogP contribution in [0.4, 0.5) is 5.69 Å². The van der Waals surface area contributed by atoms with Crippen molar-refractivity contribution in [2.24, 2.45) is 4.99 Å². The summed E-state index contributed by atoms with van der Waals surface area (Å²) in [6, 6.07) is 20.3. The zero-order valence-corrected chi connectivity index (χ0v) is 17.3. The highest BCUT2D eigenvalue weighted by Gasteiger charge is 2.18. The Hall–Kier alpha value is -3.44. The molecule has 30 heavy (non-hydrogen) atoms. The predicted molar refractivity (Wildman–Crippen MR) is 125 cm³/mol. The van der Waals surface area contributed by atoms with Crippen LogP contribution in [-0.2, 0) is 13.0 Å². The Morgan fingerprint density at radius 1 is 1.07 bits per heavy atom. The van der Waals surface area contributed by atoms with Crippen molar-refractivity contribution in [3.63, 3.8) is 0 Å². The van der Waals surface area contributed by atoms with E-state index in [4.69, 9.17) is 0 Å². The van der Waals surface area contributed by atoms with E-state index in [1.165, 1.54) is 10.1 Å². The van der Waals surface area contributed by atoms with Crippen molar-refractivity contribution in [1.29, 1.82) is 0 Å². The first-order valence-corrected chi connectivity index (χ1v) is 10.7. The van der Waals surface area contributed by atoms with Gasteiger partial charge in [0.25, 0.3) is 0 Å². The van der Waals surface area contributed by atoms with Crippen LogP contribution < -0.4 is 4.87 Å². The van der Waals surface area contributed by atoms with Gasteiger partial charge in [-0.25, -0.2) is 0 Å². The number of para-hydroxylation sites is 1. The second kappa shape index (κ2) is 7.43. The summed E-state index contributed by atoms with van der Waals surface area (Å²) in [5, 5.41) is 13.0. The van der Waals surface area contributed by atoms with Crippen molar-refractivity contribution in [3.8, 4) is 5.88 Å². The number of aliphatic imine (C=N–C) groups is 1. The lowest BCUT2D eigenvalue weighted by molar-refractivity contribution is 0.420. The van der Waals surface area contributed by atoms with Gasteiger partial charge in [-0.05, 0) is 40.5 Å². The summed E-state index contributed by atoms with van der Waals surface area (Å²) in [6.07, 6.45) is 4.57. The monoisotopic (exact) mass is 412 g/mol. The summed E-state index contributed by atoms with van der Waals surface area (Å²) in [4.78, 5) is 17.5. The van der Waals surface area contributed by atoms with Gasteiger partial charge < -0.3 is 5.11 Å². The highest BCUT2D eigenvalue weighted by molar-refractivity contribution is 7.10. The minimum Gasteiger partial charge on any atom is -0.493 e. The quantitative estimate of drug-likeness (QED) is 0.472. The first-order chi connectivity index (χ1) is 14.6. The molecular weight excluding hydrogens is 392 g/mol. The van der Waals surface area contributed by atoms with Gasteiger partial charge >= 0.3 is 4.87 Å². The second-order valence-corrected chi connectivity index (χ2v) is 8.34. The fourth-order valence-electron chi connectivity index (χ4n) is 3.89. The Bertz CT molecular complexity index is 1390. The van der Waals surface area contributed by atoms with Gasteiger partial charge in [-0.3, -0.25) is 14.4 Å². The summed E-state index contributed by atoms with van der Waals surface area (Å²) in [5.74, 6) is -0.000783. The Balaban J connectivity index is 1.50. The minimum absolute atomic E-state index is 0.000783. The third-order valence-electron chi connectivity index (χ3n) is 5.48. The average Bonchev–Trinajstić information content (AvgIpc) is 3.30. The van der Waals surface area contributed by atoms with Crippen molar-refractivity contribution in [2.45, 2.75) is 19.9 Å². The standard InChI is InChI=1S/C25H20N2O2S/c1-2-17-8-5-9-21-20(14-26-23(17)21)13-22-24(28)27(25(29)30-22)15-16-10-11-18-6-3-4-7-19(18)12-16/h3-14,28H,2,15H2,1H3/b20-13+. The maximum absolute atomic E-state index is 12.6. The number of allylic oxidation sites excluding steroid dienone is 1. The molecule has 4 aromatic rings. The maximum Gasteiger partial charge on any atom is 0.310 e. The number of aromatic hydroxyl groups is 1. The fourth-order valence-corrected chi connectivity index (χ4v) is 4.73. The number of hydrogen-bond donors (Lipinski definition) is 1. The molecule has 5 rings (SSSR count). The Morgan fingerprint density at radius 3 is 2.73 bits per heavy atom. The SMILES string of the molecule is CCc1cccc2c1N=C/C2=C\c1sc(=O)n(Cc2ccc3ccccc3c2)c1O. The minimum atomic E-state index is -0.176. The van der Waals surface area contributed by atoms with E-state index >= 15 is 0 Å². The van der Waals surface area contributed by atoms with Crippen molar-refractivity contribution in [3.05, 3.63) is 91.9 Å². The van der Waals surface area contributed by atoms with Gasteiger partial charge in [0.2, 0.25) is 5.88 Å². The van der Waals surface area contributed by atoms with Crippen LogP contribution in [0.2, 0.25) is 0 Å². The normalized spacial score (nSPS) is 14.0. The summed E-state index contributed by atoms with van der Waals surface area (Å²) in [6.45, 7) is 2.44. The van der Waals surface area contributed by atoms with Gasteiger partial charge in [-0.1, -0.05) is 72.9 Å². The maximum atomic E-state index is 12.6. The lowest BCUT2D eigenvalue weighted by Gasteiger charge is -2.06. The van der Waals surface area contributed by atoms with Gasteiger partial charge in [0, 0.05) is 17.4 Å². The Labute approximate surface area is 178 Å². The molecular formula is C25H20N2O2S. The number of aromatic nitrogens is 1. The smallest absolute Gasteiger partial charge is 0.310 e. The van der Waals surface area contributed by atoms with Crippen LogP contribution in [0.15, 0.2) is 70.5 Å². The molecule has 5 heteroatoms. The van der Waals surface area contributed by atoms with E-state index in [0.29, 0.717) is 11.4 Å². The highest BCUT2D eigenvalue weighted by atomic mass is 32.1. The predicted octanol–water partition coefficient (Wildman–Crippen LogP) is 5.64. The molecule has 0 amide bonds. The largest absolute Gasteiger partial charge is 0.493 e.